The molecule has 3 aliphatic rings. The van der Waals surface area contributed by atoms with Crippen LogP contribution in [0.3, 0.4) is 0 Å². The highest BCUT2D eigenvalue weighted by Crippen LogP contribution is 2.48. The van der Waals surface area contributed by atoms with Gasteiger partial charge in [0.2, 0.25) is 5.91 Å². The highest BCUT2D eigenvalue weighted by molar-refractivity contribution is 5.86. The molecule has 0 spiro atoms. The Morgan fingerprint density at radius 3 is 2.51 bits per heavy atom. The van der Waals surface area contributed by atoms with Crippen molar-refractivity contribution in [2.24, 2.45) is 5.92 Å². The Balaban J connectivity index is 1.51. The number of aliphatic hydroxyl groups is 1. The summed E-state index contributed by atoms with van der Waals surface area (Å²) in [5.41, 5.74) is 0.291. The molecule has 1 aliphatic carbocycles. The Hall–Kier alpha value is -2.74. The summed E-state index contributed by atoms with van der Waals surface area (Å²) in [5.74, 6) is -0.200. The topological polar surface area (TPSA) is 109 Å². The number of carbonyl (C=O) groups excluding carboxylic acids is 2. The normalized spacial score (nSPS) is 25.0. The van der Waals surface area contributed by atoms with E-state index >= 15 is 0 Å². The number of rotatable bonds is 10. The summed E-state index contributed by atoms with van der Waals surface area (Å²) in [4.78, 5) is 31.9. The van der Waals surface area contributed by atoms with Gasteiger partial charge in [-0.2, -0.15) is 5.26 Å². The van der Waals surface area contributed by atoms with Gasteiger partial charge in [0.05, 0.1) is 12.1 Å². The van der Waals surface area contributed by atoms with E-state index in [1.165, 1.54) is 17.0 Å². The Morgan fingerprint density at radius 1 is 1.28 bits per heavy atom. The summed E-state index contributed by atoms with van der Waals surface area (Å²) in [7, 11) is 0. The van der Waals surface area contributed by atoms with Crippen LogP contribution in [0.2, 0.25) is 0 Å². The smallest absolute Gasteiger partial charge is 0.408 e. The lowest BCUT2D eigenvalue weighted by Crippen LogP contribution is -2.60. The molecule has 0 radical (unpaired) electrons. The Labute approximate surface area is 230 Å². The maximum atomic E-state index is 13.7. The first-order chi connectivity index (χ1) is 18.5. The zero-order valence-corrected chi connectivity index (χ0v) is 23.5. The van der Waals surface area contributed by atoms with Crippen molar-refractivity contribution in [3.8, 4) is 6.07 Å². The molecule has 2 aliphatic heterocycles. The maximum Gasteiger partial charge on any atom is 0.408 e. The van der Waals surface area contributed by atoms with Gasteiger partial charge in [-0.3, -0.25) is 14.6 Å². The molecular formula is C29H42FN5O4. The van der Waals surface area contributed by atoms with Crippen LogP contribution in [0.15, 0.2) is 24.3 Å². The van der Waals surface area contributed by atoms with Crippen molar-refractivity contribution in [2.75, 3.05) is 26.2 Å². The van der Waals surface area contributed by atoms with Gasteiger partial charge in [0, 0.05) is 31.7 Å². The Bertz CT molecular complexity index is 1050. The van der Waals surface area contributed by atoms with Crippen molar-refractivity contribution in [2.45, 2.75) is 95.8 Å². The molecule has 1 aromatic rings. The minimum absolute atomic E-state index is 0.0134. The van der Waals surface area contributed by atoms with E-state index in [-0.39, 0.29) is 42.9 Å². The number of ether oxygens (including phenoxy) is 1. The van der Waals surface area contributed by atoms with Crippen molar-refractivity contribution in [1.82, 2.24) is 20.0 Å². The molecule has 5 atom stereocenters. The van der Waals surface area contributed by atoms with Crippen molar-refractivity contribution < 1.29 is 23.8 Å². The van der Waals surface area contributed by atoms with E-state index in [2.05, 4.69) is 15.1 Å². The van der Waals surface area contributed by atoms with Crippen LogP contribution in [0.25, 0.3) is 0 Å². The number of likely N-dealkylation sites (tertiary alicyclic amines) is 2. The van der Waals surface area contributed by atoms with Gasteiger partial charge in [0.15, 0.2) is 0 Å². The summed E-state index contributed by atoms with van der Waals surface area (Å²) < 4.78 is 19.1. The Kier molecular flexibility index (Phi) is 9.14. The van der Waals surface area contributed by atoms with Crippen molar-refractivity contribution in [3.05, 3.63) is 35.6 Å². The molecule has 9 nitrogen and oxygen atoms in total. The van der Waals surface area contributed by atoms with Crippen LogP contribution in [0.5, 0.6) is 0 Å². The third kappa shape index (κ3) is 6.71. The van der Waals surface area contributed by atoms with Crippen LogP contribution in [0.4, 0.5) is 9.18 Å². The van der Waals surface area contributed by atoms with E-state index in [0.29, 0.717) is 25.4 Å². The Morgan fingerprint density at radius 2 is 1.97 bits per heavy atom. The fourth-order valence-corrected chi connectivity index (χ4v) is 6.27. The standard InChI is InChI=1S/C29H42FN5O4/c1-5-14-33(15-13-31)26(36)23(32-28(38)39-29(2,3)4)18-34-17-22-16-24(34)27(37)35(22)25(19-7-6-8-19)20-9-11-21(30)12-10-20/h9-12,19,22-25,27,37H,5-8,14-18H2,1-4H3,(H,32,38)/t22-,23-,24?,25?,27?/m0/s1. The van der Waals surface area contributed by atoms with Crippen LogP contribution in [-0.2, 0) is 9.53 Å². The van der Waals surface area contributed by atoms with Crippen LogP contribution >= 0.6 is 0 Å². The van der Waals surface area contributed by atoms with Crippen molar-refractivity contribution >= 4 is 12.0 Å². The molecular weight excluding hydrogens is 501 g/mol. The summed E-state index contributed by atoms with van der Waals surface area (Å²) in [6.07, 6.45) is 3.30. The molecule has 2 amide bonds. The van der Waals surface area contributed by atoms with Gasteiger partial charge < -0.3 is 20.1 Å². The van der Waals surface area contributed by atoms with E-state index in [4.69, 9.17) is 4.74 Å². The van der Waals surface area contributed by atoms with Crippen molar-refractivity contribution in [1.29, 1.82) is 5.26 Å². The second kappa shape index (κ2) is 12.2. The quantitative estimate of drug-likeness (QED) is 0.436. The number of carbonyl (C=O) groups is 2. The lowest BCUT2D eigenvalue weighted by atomic mass is 9.76. The molecule has 1 aromatic carbocycles. The average Bonchev–Trinajstić information content (AvgIpc) is 3.37. The van der Waals surface area contributed by atoms with Crippen LogP contribution in [-0.4, -0.2) is 87.9 Å². The van der Waals surface area contributed by atoms with Gasteiger partial charge in [-0.25, -0.2) is 9.18 Å². The molecule has 39 heavy (non-hydrogen) atoms. The zero-order chi connectivity index (χ0) is 28.3. The molecule has 10 heteroatoms. The van der Waals surface area contributed by atoms with Crippen LogP contribution < -0.4 is 5.32 Å². The van der Waals surface area contributed by atoms with Gasteiger partial charge in [-0.05, 0) is 70.1 Å². The molecule has 4 rings (SSSR count). The number of alkyl carbamates (subject to hydrolysis) is 1. The minimum Gasteiger partial charge on any atom is -0.444 e. The minimum atomic E-state index is -0.917. The number of nitriles is 1. The predicted octanol–water partition coefficient (Wildman–Crippen LogP) is 3.40. The molecule has 0 aromatic heterocycles. The summed E-state index contributed by atoms with van der Waals surface area (Å²) in [6, 6.07) is 7.62. The number of amides is 2. The van der Waals surface area contributed by atoms with E-state index in [1.54, 1.807) is 20.8 Å². The molecule has 2 saturated heterocycles. The van der Waals surface area contributed by atoms with Gasteiger partial charge in [0.25, 0.3) is 0 Å². The number of hydrogen-bond donors (Lipinski definition) is 2. The fraction of sp³-hybridized carbons (Fsp3) is 0.690. The number of benzene rings is 1. The molecule has 3 fully saturated rings. The zero-order valence-electron chi connectivity index (χ0n) is 23.5. The number of halogens is 1. The highest BCUT2D eigenvalue weighted by atomic mass is 19.1. The monoisotopic (exact) mass is 543 g/mol. The first-order valence-electron chi connectivity index (χ1n) is 14.1. The number of nitrogens with one attached hydrogen (secondary N) is 1. The number of nitrogens with zero attached hydrogens (tertiary/aromatic N) is 4. The van der Waals surface area contributed by atoms with Gasteiger partial charge in [-0.1, -0.05) is 25.5 Å². The lowest BCUT2D eigenvalue weighted by Gasteiger charge is -2.47. The second-order valence-corrected chi connectivity index (χ2v) is 12.1. The second-order valence-electron chi connectivity index (χ2n) is 12.1. The number of piperazine rings is 1. The number of hydrogen-bond acceptors (Lipinski definition) is 7. The third-order valence-corrected chi connectivity index (χ3v) is 8.10. The summed E-state index contributed by atoms with van der Waals surface area (Å²) >= 11 is 0. The molecule has 3 unspecified atom stereocenters. The first-order valence-corrected chi connectivity index (χ1v) is 14.1. The van der Waals surface area contributed by atoms with Gasteiger partial charge >= 0.3 is 6.09 Å². The number of aliphatic hydroxyl groups excluding tert-OH is 1. The molecule has 2 heterocycles. The first kappa shape index (κ1) is 29.2. The average molecular weight is 544 g/mol. The number of fused-ring (bicyclic) bond motifs is 2. The maximum absolute atomic E-state index is 13.7. The van der Waals surface area contributed by atoms with E-state index < -0.39 is 24.0 Å². The SMILES string of the molecule is CCCN(CC#N)C(=O)[C@H](CN1C[C@@H]2CC1C(O)N2C(c1ccc(F)cc1)C1CCC1)NC(=O)OC(C)(C)C. The van der Waals surface area contributed by atoms with E-state index in [9.17, 15) is 24.3 Å². The lowest BCUT2D eigenvalue weighted by molar-refractivity contribution is -0.135. The molecule has 1 saturated carbocycles. The third-order valence-electron chi connectivity index (χ3n) is 8.10. The summed E-state index contributed by atoms with van der Waals surface area (Å²) in [5, 5.41) is 23.5. The predicted molar refractivity (Wildman–Crippen MR) is 144 cm³/mol. The van der Waals surface area contributed by atoms with E-state index in [0.717, 1.165) is 31.2 Å². The van der Waals surface area contributed by atoms with Crippen molar-refractivity contribution in [3.63, 3.8) is 0 Å². The molecule has 2 bridgehead atoms. The largest absolute Gasteiger partial charge is 0.444 e. The van der Waals surface area contributed by atoms with Gasteiger partial charge in [-0.15, -0.1) is 0 Å². The van der Waals surface area contributed by atoms with Gasteiger partial charge in [0.1, 0.15) is 30.2 Å². The summed E-state index contributed by atoms with van der Waals surface area (Å²) in [6.45, 7) is 8.38. The molecule has 2 N–H and O–H groups in total. The van der Waals surface area contributed by atoms with Crippen LogP contribution in [0, 0.1) is 23.1 Å². The highest BCUT2D eigenvalue weighted by Gasteiger charge is 2.54. The van der Waals surface area contributed by atoms with Crippen LogP contribution in [0.1, 0.15) is 71.4 Å². The molecule has 214 valence electrons. The van der Waals surface area contributed by atoms with E-state index in [1.807, 2.05) is 25.1 Å². The fourth-order valence-electron chi connectivity index (χ4n) is 6.27.